The molecule has 2 aromatic rings. The van der Waals surface area contributed by atoms with Gasteiger partial charge in [-0.25, -0.2) is 13.4 Å². The Balaban J connectivity index is 2.29. The Bertz CT molecular complexity index is 738. The van der Waals surface area contributed by atoms with E-state index in [9.17, 15) is 8.42 Å². The zero-order valence-electron chi connectivity index (χ0n) is 12.6. The van der Waals surface area contributed by atoms with Crippen LogP contribution in [0.1, 0.15) is 11.4 Å². The van der Waals surface area contributed by atoms with Crippen molar-refractivity contribution in [2.45, 2.75) is 18.4 Å². The molecule has 6 nitrogen and oxygen atoms in total. The van der Waals surface area contributed by atoms with Gasteiger partial charge in [-0.2, -0.15) is 4.31 Å². The summed E-state index contributed by atoms with van der Waals surface area (Å²) in [5.74, 6) is 1.35. The molecule has 0 saturated carbocycles. The molecule has 0 atom stereocenters. The van der Waals surface area contributed by atoms with Crippen molar-refractivity contribution in [3.63, 3.8) is 0 Å². The van der Waals surface area contributed by atoms with Crippen molar-refractivity contribution in [2.75, 3.05) is 14.2 Å². The minimum absolute atomic E-state index is 0.219. The Labute approximate surface area is 125 Å². The van der Waals surface area contributed by atoms with Gasteiger partial charge in [-0.05, 0) is 30.7 Å². The molecule has 7 heteroatoms. The van der Waals surface area contributed by atoms with Gasteiger partial charge in [0.2, 0.25) is 10.0 Å². The van der Waals surface area contributed by atoms with Gasteiger partial charge in [-0.3, -0.25) is 0 Å². The van der Waals surface area contributed by atoms with Crippen LogP contribution in [0.4, 0.5) is 0 Å². The topological polar surface area (TPSA) is 64.4 Å². The molecule has 0 unspecified atom stereocenters. The lowest BCUT2D eigenvalue weighted by molar-refractivity contribution is 0.411. The van der Waals surface area contributed by atoms with Gasteiger partial charge in [0.15, 0.2) is 0 Å². The summed E-state index contributed by atoms with van der Waals surface area (Å²) in [7, 11) is 1.38. The van der Waals surface area contributed by atoms with Crippen molar-refractivity contribution in [1.82, 2.24) is 13.9 Å². The van der Waals surface area contributed by atoms with E-state index in [4.69, 9.17) is 4.74 Å². The number of aromatic nitrogens is 2. The van der Waals surface area contributed by atoms with E-state index in [1.54, 1.807) is 49.3 Å². The average Bonchev–Trinajstić information content (AvgIpc) is 2.84. The second-order valence-corrected chi connectivity index (χ2v) is 6.89. The maximum atomic E-state index is 12.6. The molecule has 0 aliphatic rings. The van der Waals surface area contributed by atoms with Crippen LogP contribution in [0.2, 0.25) is 0 Å². The second-order valence-electron chi connectivity index (χ2n) is 4.85. The van der Waals surface area contributed by atoms with Crippen molar-refractivity contribution in [3.8, 4) is 5.75 Å². The zero-order chi connectivity index (χ0) is 15.6. The maximum absolute atomic E-state index is 12.6. The van der Waals surface area contributed by atoms with Gasteiger partial charge < -0.3 is 9.30 Å². The molecule has 1 heterocycles. The van der Waals surface area contributed by atoms with Crippen LogP contribution in [-0.4, -0.2) is 36.4 Å². The van der Waals surface area contributed by atoms with E-state index in [0.717, 1.165) is 5.56 Å². The molecule has 0 amide bonds. The van der Waals surface area contributed by atoms with E-state index in [0.29, 0.717) is 11.6 Å². The van der Waals surface area contributed by atoms with Crippen LogP contribution in [0.5, 0.6) is 5.75 Å². The molecule has 21 heavy (non-hydrogen) atoms. The number of rotatable bonds is 5. The Morgan fingerprint density at radius 2 is 2.10 bits per heavy atom. The Kier molecular flexibility index (Phi) is 4.34. The van der Waals surface area contributed by atoms with Crippen LogP contribution in [0.3, 0.4) is 0 Å². The maximum Gasteiger partial charge on any atom is 0.243 e. The molecule has 0 spiro atoms. The summed E-state index contributed by atoms with van der Waals surface area (Å²) in [6, 6.07) is 4.83. The van der Waals surface area contributed by atoms with E-state index < -0.39 is 10.0 Å². The number of imidazole rings is 1. The van der Waals surface area contributed by atoms with Gasteiger partial charge in [0, 0.05) is 26.5 Å². The summed E-state index contributed by atoms with van der Waals surface area (Å²) in [6.45, 7) is 2.04. The summed E-state index contributed by atoms with van der Waals surface area (Å²) in [5.41, 5.74) is 0.781. The molecule has 1 aromatic carbocycles. The summed E-state index contributed by atoms with van der Waals surface area (Å²) in [6.07, 6.45) is 3.43. The van der Waals surface area contributed by atoms with Crippen molar-refractivity contribution in [2.24, 2.45) is 7.05 Å². The second kappa shape index (κ2) is 5.87. The van der Waals surface area contributed by atoms with Crippen LogP contribution < -0.4 is 4.74 Å². The zero-order valence-corrected chi connectivity index (χ0v) is 13.4. The van der Waals surface area contributed by atoms with Crippen LogP contribution in [0.15, 0.2) is 35.5 Å². The Hall–Kier alpha value is -1.86. The molecule has 1 aromatic heterocycles. The SMILES string of the molecule is COc1ccc(S(=O)(=O)N(C)Cc2nccn2C)cc1C. The van der Waals surface area contributed by atoms with Crippen LogP contribution in [-0.2, 0) is 23.6 Å². The molecular weight excluding hydrogens is 290 g/mol. The Morgan fingerprint density at radius 3 is 2.62 bits per heavy atom. The third-order valence-electron chi connectivity index (χ3n) is 3.36. The first-order chi connectivity index (χ1) is 9.86. The molecule has 2 rings (SSSR count). The molecule has 0 saturated heterocycles. The summed E-state index contributed by atoms with van der Waals surface area (Å²) in [5, 5.41) is 0. The number of hydrogen-bond donors (Lipinski definition) is 0. The largest absolute Gasteiger partial charge is 0.496 e. The first kappa shape index (κ1) is 15.5. The number of nitrogens with zero attached hydrogens (tertiary/aromatic N) is 3. The molecule has 114 valence electrons. The number of ether oxygens (including phenoxy) is 1. The number of methoxy groups -OCH3 is 1. The summed E-state index contributed by atoms with van der Waals surface area (Å²) < 4.78 is 33.4. The van der Waals surface area contributed by atoms with Crippen molar-refractivity contribution in [1.29, 1.82) is 0 Å². The van der Waals surface area contributed by atoms with Crippen molar-refractivity contribution in [3.05, 3.63) is 42.0 Å². The first-order valence-electron chi connectivity index (χ1n) is 6.43. The molecule has 0 aliphatic carbocycles. The van der Waals surface area contributed by atoms with E-state index >= 15 is 0 Å². The fourth-order valence-electron chi connectivity index (χ4n) is 2.02. The predicted molar refractivity (Wildman–Crippen MR) is 79.6 cm³/mol. The summed E-state index contributed by atoms with van der Waals surface area (Å²) >= 11 is 0. The highest BCUT2D eigenvalue weighted by molar-refractivity contribution is 7.89. The van der Waals surface area contributed by atoms with Crippen LogP contribution >= 0.6 is 0 Å². The van der Waals surface area contributed by atoms with Gasteiger partial charge >= 0.3 is 0 Å². The highest BCUT2D eigenvalue weighted by Gasteiger charge is 2.22. The third kappa shape index (κ3) is 3.08. The lowest BCUT2D eigenvalue weighted by Gasteiger charge is -2.17. The molecule has 0 bridgehead atoms. The predicted octanol–water partition coefficient (Wildman–Crippen LogP) is 1.56. The third-order valence-corrected chi connectivity index (χ3v) is 5.16. The Morgan fingerprint density at radius 1 is 1.38 bits per heavy atom. The minimum atomic E-state index is -3.55. The van der Waals surface area contributed by atoms with Gasteiger partial charge in [-0.1, -0.05) is 0 Å². The number of benzene rings is 1. The van der Waals surface area contributed by atoms with Gasteiger partial charge in [0.05, 0.1) is 18.6 Å². The standard InChI is InChI=1S/C14H19N3O3S/c1-11-9-12(5-6-13(11)20-4)21(18,19)17(3)10-14-15-7-8-16(14)2/h5-9H,10H2,1-4H3. The van der Waals surface area contributed by atoms with E-state index in [2.05, 4.69) is 4.98 Å². The number of aryl methyl sites for hydroxylation is 2. The average molecular weight is 309 g/mol. The monoisotopic (exact) mass is 309 g/mol. The lowest BCUT2D eigenvalue weighted by Crippen LogP contribution is -2.27. The fraction of sp³-hybridized carbons (Fsp3) is 0.357. The molecular formula is C14H19N3O3S. The highest BCUT2D eigenvalue weighted by atomic mass is 32.2. The molecule has 0 N–H and O–H groups in total. The number of sulfonamides is 1. The van der Waals surface area contributed by atoms with E-state index in [1.165, 1.54) is 4.31 Å². The normalized spacial score (nSPS) is 11.9. The van der Waals surface area contributed by atoms with Gasteiger partial charge in [-0.15, -0.1) is 0 Å². The highest BCUT2D eigenvalue weighted by Crippen LogP contribution is 2.23. The van der Waals surface area contributed by atoms with E-state index in [-0.39, 0.29) is 11.4 Å². The molecule has 0 aliphatic heterocycles. The molecule has 0 fully saturated rings. The molecule has 0 radical (unpaired) electrons. The van der Waals surface area contributed by atoms with Crippen LogP contribution in [0, 0.1) is 6.92 Å². The van der Waals surface area contributed by atoms with Crippen molar-refractivity contribution >= 4 is 10.0 Å². The quantitative estimate of drug-likeness (QED) is 0.841. The summed E-state index contributed by atoms with van der Waals surface area (Å²) in [4.78, 5) is 4.39. The first-order valence-corrected chi connectivity index (χ1v) is 7.87. The number of hydrogen-bond acceptors (Lipinski definition) is 4. The smallest absolute Gasteiger partial charge is 0.243 e. The lowest BCUT2D eigenvalue weighted by atomic mass is 10.2. The van der Waals surface area contributed by atoms with Gasteiger partial charge in [0.25, 0.3) is 0 Å². The van der Waals surface area contributed by atoms with Crippen LogP contribution in [0.25, 0.3) is 0 Å². The van der Waals surface area contributed by atoms with Gasteiger partial charge in [0.1, 0.15) is 11.6 Å². The van der Waals surface area contributed by atoms with E-state index in [1.807, 2.05) is 14.0 Å². The minimum Gasteiger partial charge on any atom is -0.496 e. The fourth-order valence-corrected chi connectivity index (χ4v) is 3.24. The van der Waals surface area contributed by atoms with Crippen molar-refractivity contribution < 1.29 is 13.2 Å².